The lowest BCUT2D eigenvalue weighted by Crippen LogP contribution is -2.05. The molecular weight excluding hydrogens is 299 g/mol. The van der Waals surface area contributed by atoms with Crippen LogP contribution in [0.1, 0.15) is 0 Å². The molecule has 0 saturated carbocycles. The molecule has 0 unspecified atom stereocenters. The summed E-state index contributed by atoms with van der Waals surface area (Å²) < 4.78 is 11.7. The second kappa shape index (κ2) is 5.81. The molecule has 0 aliphatic carbocycles. The van der Waals surface area contributed by atoms with Crippen molar-refractivity contribution in [2.24, 2.45) is 0 Å². The summed E-state index contributed by atoms with van der Waals surface area (Å²) in [6, 6.07) is 15.6. The molecule has 0 fully saturated rings. The predicted molar refractivity (Wildman–Crippen MR) is 84.6 cm³/mol. The fourth-order valence-electron chi connectivity index (χ4n) is 2.14. The number of benzene rings is 1. The Morgan fingerprint density at radius 2 is 1.27 bits per heavy atom. The van der Waals surface area contributed by atoms with Gasteiger partial charge in [-0.1, -0.05) is 12.1 Å². The van der Waals surface area contributed by atoms with Gasteiger partial charge in [-0.3, -0.25) is 14.5 Å². The van der Waals surface area contributed by atoms with Crippen LogP contribution in [0.4, 0.5) is 0 Å². The maximum Gasteiger partial charge on any atom is 0.356 e. The van der Waals surface area contributed by atoms with Gasteiger partial charge in [0.25, 0.3) is 0 Å². The van der Waals surface area contributed by atoms with Gasteiger partial charge < -0.3 is 9.79 Å². The van der Waals surface area contributed by atoms with Crippen LogP contribution in [-0.2, 0) is 4.57 Å². The molecule has 1 aromatic carbocycles. The van der Waals surface area contributed by atoms with Crippen LogP contribution in [0.2, 0.25) is 0 Å². The van der Waals surface area contributed by atoms with E-state index in [0.717, 1.165) is 0 Å². The lowest BCUT2D eigenvalue weighted by molar-refractivity contribution is 0.387. The summed E-state index contributed by atoms with van der Waals surface area (Å²) in [6.07, 6.45) is 3.28. The summed E-state index contributed by atoms with van der Waals surface area (Å²) in [5.41, 5.74) is 2.58. The van der Waals surface area contributed by atoms with Crippen molar-refractivity contribution in [1.29, 1.82) is 0 Å². The minimum Gasteiger partial charge on any atom is -0.321 e. The zero-order valence-corrected chi connectivity index (χ0v) is 12.4. The first kappa shape index (κ1) is 14.6. The second-order valence-electron chi connectivity index (χ2n) is 4.74. The van der Waals surface area contributed by atoms with Crippen LogP contribution in [0, 0.1) is 0 Å². The smallest absolute Gasteiger partial charge is 0.321 e. The molecule has 3 rings (SSSR count). The lowest BCUT2D eigenvalue weighted by atomic mass is 10.0. The molecule has 3 aromatic rings. The zero-order chi connectivity index (χ0) is 15.6. The monoisotopic (exact) mass is 312 g/mol. The molecule has 0 radical (unpaired) electrons. The first-order valence-electron chi connectivity index (χ1n) is 6.58. The summed E-state index contributed by atoms with van der Waals surface area (Å²) in [7, 11) is -4.37. The van der Waals surface area contributed by atoms with Crippen LogP contribution in [0.15, 0.2) is 67.0 Å². The van der Waals surface area contributed by atoms with Crippen LogP contribution in [0.3, 0.4) is 0 Å². The molecule has 110 valence electrons. The Labute approximate surface area is 127 Å². The van der Waals surface area contributed by atoms with Crippen LogP contribution in [-0.4, -0.2) is 19.8 Å². The maximum absolute atomic E-state index is 11.7. The third kappa shape index (κ3) is 3.12. The van der Waals surface area contributed by atoms with Crippen LogP contribution >= 0.6 is 7.60 Å². The van der Waals surface area contributed by atoms with E-state index in [1.807, 2.05) is 18.2 Å². The van der Waals surface area contributed by atoms with Gasteiger partial charge in [0, 0.05) is 23.5 Å². The Morgan fingerprint density at radius 3 is 1.64 bits per heavy atom. The molecule has 5 nitrogen and oxygen atoms in total. The van der Waals surface area contributed by atoms with E-state index in [2.05, 4.69) is 9.97 Å². The summed E-state index contributed by atoms with van der Waals surface area (Å²) in [5, 5.41) is -0.0451. The van der Waals surface area contributed by atoms with E-state index in [-0.39, 0.29) is 5.30 Å². The van der Waals surface area contributed by atoms with E-state index < -0.39 is 7.60 Å². The van der Waals surface area contributed by atoms with E-state index in [9.17, 15) is 14.4 Å². The Balaban J connectivity index is 2.21. The summed E-state index contributed by atoms with van der Waals surface area (Å²) in [4.78, 5) is 27.5. The molecule has 2 aromatic heterocycles. The van der Waals surface area contributed by atoms with E-state index in [0.29, 0.717) is 22.5 Å². The number of nitrogens with zero attached hydrogens (tertiary/aromatic N) is 2. The van der Waals surface area contributed by atoms with Crippen molar-refractivity contribution >= 4 is 12.9 Å². The van der Waals surface area contributed by atoms with Gasteiger partial charge >= 0.3 is 7.60 Å². The van der Waals surface area contributed by atoms with Crippen molar-refractivity contribution in [2.75, 3.05) is 0 Å². The summed E-state index contributed by atoms with van der Waals surface area (Å²) in [6.45, 7) is 0. The van der Waals surface area contributed by atoms with Crippen molar-refractivity contribution < 1.29 is 14.4 Å². The Hall–Kier alpha value is -2.33. The zero-order valence-electron chi connectivity index (χ0n) is 11.5. The number of aromatic nitrogens is 2. The quantitative estimate of drug-likeness (QED) is 0.726. The largest absolute Gasteiger partial charge is 0.356 e. The lowest BCUT2D eigenvalue weighted by Gasteiger charge is -2.10. The highest BCUT2D eigenvalue weighted by atomic mass is 31.2. The van der Waals surface area contributed by atoms with E-state index in [1.54, 1.807) is 36.7 Å². The van der Waals surface area contributed by atoms with Gasteiger partial charge in [0.1, 0.15) is 0 Å². The number of hydrogen-bond acceptors (Lipinski definition) is 3. The standard InChI is InChI=1S/C16H13N2O3P/c19-22(20,21)14-10-12(15-5-1-3-7-17-15)9-13(11-14)16-6-2-4-8-18-16/h1-11H,(H2,19,20,21). The fraction of sp³-hybridized carbons (Fsp3) is 0. The molecule has 0 atom stereocenters. The number of hydrogen-bond donors (Lipinski definition) is 2. The maximum atomic E-state index is 11.7. The molecular formula is C16H13N2O3P. The Kier molecular flexibility index (Phi) is 3.86. The SMILES string of the molecule is O=P(O)(O)c1cc(-c2ccccn2)cc(-c2ccccn2)c1. The van der Waals surface area contributed by atoms with E-state index >= 15 is 0 Å². The number of rotatable bonds is 3. The van der Waals surface area contributed by atoms with E-state index in [1.165, 1.54) is 12.1 Å². The molecule has 0 aliphatic heterocycles. The molecule has 0 saturated heterocycles. The highest BCUT2D eigenvalue weighted by Gasteiger charge is 2.20. The van der Waals surface area contributed by atoms with Crippen LogP contribution in [0.25, 0.3) is 22.5 Å². The van der Waals surface area contributed by atoms with Crippen LogP contribution < -0.4 is 5.30 Å². The Morgan fingerprint density at radius 1 is 0.773 bits per heavy atom. The fourth-order valence-corrected chi connectivity index (χ4v) is 2.76. The predicted octanol–water partition coefficient (Wildman–Crippen LogP) is 2.61. The molecule has 0 bridgehead atoms. The molecule has 0 aliphatic rings. The minimum atomic E-state index is -4.37. The van der Waals surface area contributed by atoms with Crippen molar-refractivity contribution in [3.63, 3.8) is 0 Å². The van der Waals surface area contributed by atoms with Crippen molar-refractivity contribution in [3.8, 4) is 22.5 Å². The van der Waals surface area contributed by atoms with Gasteiger partial charge in [-0.05, 0) is 42.5 Å². The minimum absolute atomic E-state index is 0.0451. The molecule has 22 heavy (non-hydrogen) atoms. The Bertz CT molecular complexity index is 775. The third-order valence-electron chi connectivity index (χ3n) is 3.18. The molecule has 2 N–H and O–H groups in total. The van der Waals surface area contributed by atoms with Gasteiger partial charge in [-0.25, -0.2) is 0 Å². The average Bonchev–Trinajstić information content (AvgIpc) is 2.55. The van der Waals surface area contributed by atoms with Gasteiger partial charge in [0.2, 0.25) is 0 Å². The molecule has 2 heterocycles. The van der Waals surface area contributed by atoms with Gasteiger partial charge in [-0.15, -0.1) is 0 Å². The van der Waals surface area contributed by atoms with Crippen molar-refractivity contribution in [3.05, 3.63) is 67.0 Å². The molecule has 6 heteroatoms. The first-order chi connectivity index (χ1) is 10.5. The molecule has 0 spiro atoms. The normalized spacial score (nSPS) is 11.4. The third-order valence-corrected chi connectivity index (χ3v) is 4.11. The number of pyridine rings is 2. The highest BCUT2D eigenvalue weighted by Crippen LogP contribution is 2.36. The van der Waals surface area contributed by atoms with Crippen molar-refractivity contribution in [1.82, 2.24) is 9.97 Å². The van der Waals surface area contributed by atoms with Gasteiger partial charge in [0.05, 0.1) is 16.7 Å². The van der Waals surface area contributed by atoms with Crippen LogP contribution in [0.5, 0.6) is 0 Å². The van der Waals surface area contributed by atoms with Crippen molar-refractivity contribution in [2.45, 2.75) is 0 Å². The average molecular weight is 312 g/mol. The summed E-state index contributed by atoms with van der Waals surface area (Å²) in [5.74, 6) is 0. The second-order valence-corrected chi connectivity index (χ2v) is 6.35. The molecule has 0 amide bonds. The first-order valence-corrected chi connectivity index (χ1v) is 8.19. The topological polar surface area (TPSA) is 83.3 Å². The van der Waals surface area contributed by atoms with Gasteiger partial charge in [-0.2, -0.15) is 0 Å². The van der Waals surface area contributed by atoms with E-state index in [4.69, 9.17) is 0 Å². The van der Waals surface area contributed by atoms with Gasteiger partial charge in [0.15, 0.2) is 0 Å². The summed E-state index contributed by atoms with van der Waals surface area (Å²) >= 11 is 0. The highest BCUT2D eigenvalue weighted by molar-refractivity contribution is 7.60.